The molecule has 0 heterocycles. The van der Waals surface area contributed by atoms with E-state index < -0.39 is 0 Å². The normalized spacial score (nSPS) is 5.50. The molecule has 1 nitrogen and oxygen atoms in total. The molecule has 0 aliphatic rings. The maximum Gasteiger partial charge on any atom is -0.0140 e. The fraction of sp³-hybridized carbons (Fsp3) is 0.429. The summed E-state index contributed by atoms with van der Waals surface area (Å²) in [4.78, 5) is 2.00. The monoisotopic (exact) mass is 115 g/mol. The van der Waals surface area contributed by atoms with Gasteiger partial charge in [-0.2, -0.15) is 0 Å². The molecule has 8 heavy (non-hydrogen) atoms. The molecule has 0 bridgehead atoms. The summed E-state index contributed by atoms with van der Waals surface area (Å²) in [5.41, 5.74) is 0. The van der Waals surface area contributed by atoms with Crippen molar-refractivity contribution in [2.24, 2.45) is 0 Å². The summed E-state index contributed by atoms with van der Waals surface area (Å²) in [6.07, 6.45) is 0. The molecule has 0 rings (SSSR count). The lowest BCUT2D eigenvalue weighted by Gasteiger charge is -1.90. The Hall–Kier alpha value is -0.560. The van der Waals surface area contributed by atoms with Crippen LogP contribution in [-0.4, -0.2) is 26.0 Å². The minimum absolute atomic E-state index is 2.00. The summed E-state index contributed by atoms with van der Waals surface area (Å²) >= 11 is 0. The van der Waals surface area contributed by atoms with Crippen LogP contribution in [0.1, 0.15) is 0 Å². The van der Waals surface area contributed by atoms with E-state index in [0.717, 1.165) is 0 Å². The maximum atomic E-state index is 3.00. The second kappa shape index (κ2) is 32.0. The zero-order valence-corrected chi connectivity index (χ0v) is 6.28. The Labute approximate surface area is 53.3 Å². The molecule has 1 heteroatoms. The first-order chi connectivity index (χ1) is 3.73. The third-order valence-electron chi connectivity index (χ3n) is 0. The van der Waals surface area contributed by atoms with Gasteiger partial charge >= 0.3 is 0 Å². The van der Waals surface area contributed by atoms with E-state index in [1.165, 1.54) is 0 Å². The Morgan fingerprint density at radius 3 is 0.750 bits per heavy atom. The second-order valence-corrected chi connectivity index (χ2v) is 1.34. The molecule has 0 saturated heterocycles. The Morgan fingerprint density at radius 1 is 0.750 bits per heavy atom. The molecule has 0 amide bonds. The van der Waals surface area contributed by atoms with E-state index in [0.29, 0.717) is 0 Å². The van der Waals surface area contributed by atoms with Crippen LogP contribution in [0.3, 0.4) is 0 Å². The average molecular weight is 115 g/mol. The third-order valence-corrected chi connectivity index (χ3v) is 0. The molecular formula is C7H17N. The van der Waals surface area contributed by atoms with Gasteiger partial charge in [0.15, 0.2) is 0 Å². The SMILES string of the molecule is C=C.C=C.CN(C)C. The van der Waals surface area contributed by atoms with Crippen LogP contribution < -0.4 is 0 Å². The van der Waals surface area contributed by atoms with E-state index in [1.54, 1.807) is 0 Å². The Morgan fingerprint density at radius 2 is 0.750 bits per heavy atom. The molecule has 0 aromatic rings. The van der Waals surface area contributed by atoms with Crippen molar-refractivity contribution in [2.45, 2.75) is 0 Å². The summed E-state index contributed by atoms with van der Waals surface area (Å²) in [6.45, 7) is 12.0. The molecule has 0 atom stereocenters. The predicted octanol–water partition coefficient (Wildman–Crippen LogP) is 1.78. The van der Waals surface area contributed by atoms with Gasteiger partial charge in [0.1, 0.15) is 0 Å². The summed E-state index contributed by atoms with van der Waals surface area (Å²) in [5.74, 6) is 0. The van der Waals surface area contributed by atoms with Crippen molar-refractivity contribution >= 4 is 0 Å². The molecule has 0 aliphatic heterocycles. The first-order valence-electron chi connectivity index (χ1n) is 2.34. The highest BCUT2D eigenvalue weighted by atomic mass is 15.0. The largest absolute Gasteiger partial charge is 0.312 e. The van der Waals surface area contributed by atoms with Gasteiger partial charge in [-0.15, -0.1) is 26.3 Å². The van der Waals surface area contributed by atoms with Gasteiger partial charge < -0.3 is 4.90 Å². The van der Waals surface area contributed by atoms with Crippen LogP contribution in [0.25, 0.3) is 0 Å². The first-order valence-corrected chi connectivity index (χ1v) is 2.34. The fourth-order valence-corrected chi connectivity index (χ4v) is 0. The van der Waals surface area contributed by atoms with E-state index in [4.69, 9.17) is 0 Å². The van der Waals surface area contributed by atoms with Crippen LogP contribution in [0.15, 0.2) is 26.3 Å². The molecule has 0 aliphatic carbocycles. The van der Waals surface area contributed by atoms with Crippen LogP contribution in [0.4, 0.5) is 0 Å². The van der Waals surface area contributed by atoms with Gasteiger partial charge in [-0.05, 0) is 21.1 Å². The first kappa shape index (κ1) is 15.7. The van der Waals surface area contributed by atoms with E-state index in [9.17, 15) is 0 Å². The van der Waals surface area contributed by atoms with Crippen molar-refractivity contribution in [3.05, 3.63) is 26.3 Å². The van der Waals surface area contributed by atoms with E-state index >= 15 is 0 Å². The van der Waals surface area contributed by atoms with Gasteiger partial charge in [-0.1, -0.05) is 0 Å². The van der Waals surface area contributed by atoms with Gasteiger partial charge in [0.05, 0.1) is 0 Å². The maximum absolute atomic E-state index is 3.00. The minimum Gasteiger partial charge on any atom is -0.312 e. The topological polar surface area (TPSA) is 3.24 Å². The molecule has 0 aromatic heterocycles. The fourth-order valence-electron chi connectivity index (χ4n) is 0. The van der Waals surface area contributed by atoms with Crippen molar-refractivity contribution < 1.29 is 0 Å². The van der Waals surface area contributed by atoms with Crippen LogP contribution in [0.5, 0.6) is 0 Å². The lowest BCUT2D eigenvalue weighted by atomic mass is 11.0. The Bertz CT molecular complexity index is 20.8. The third kappa shape index (κ3) is 342. The summed E-state index contributed by atoms with van der Waals surface area (Å²) in [7, 11) is 6.00. The van der Waals surface area contributed by atoms with E-state index in [1.807, 2.05) is 26.0 Å². The van der Waals surface area contributed by atoms with Crippen molar-refractivity contribution in [2.75, 3.05) is 21.1 Å². The highest BCUT2D eigenvalue weighted by Gasteiger charge is 1.58. The zero-order valence-electron chi connectivity index (χ0n) is 6.28. The van der Waals surface area contributed by atoms with Crippen LogP contribution in [-0.2, 0) is 0 Å². The van der Waals surface area contributed by atoms with E-state index in [-0.39, 0.29) is 0 Å². The van der Waals surface area contributed by atoms with Crippen molar-refractivity contribution in [1.82, 2.24) is 4.90 Å². The lowest BCUT2D eigenvalue weighted by molar-refractivity contribution is 0.505. The van der Waals surface area contributed by atoms with Crippen LogP contribution in [0.2, 0.25) is 0 Å². The van der Waals surface area contributed by atoms with Gasteiger partial charge in [0, 0.05) is 0 Å². The van der Waals surface area contributed by atoms with Gasteiger partial charge in [-0.3, -0.25) is 0 Å². The van der Waals surface area contributed by atoms with Crippen molar-refractivity contribution in [3.63, 3.8) is 0 Å². The Balaban J connectivity index is -0.0000000542. The highest BCUT2D eigenvalue weighted by Crippen LogP contribution is 1.47. The molecule has 0 spiro atoms. The zero-order chi connectivity index (χ0) is 7.58. The van der Waals surface area contributed by atoms with Crippen LogP contribution in [0, 0.1) is 0 Å². The van der Waals surface area contributed by atoms with Gasteiger partial charge in [-0.25, -0.2) is 0 Å². The molecule has 0 aromatic carbocycles. The summed E-state index contributed by atoms with van der Waals surface area (Å²) in [5, 5.41) is 0. The van der Waals surface area contributed by atoms with Crippen molar-refractivity contribution in [1.29, 1.82) is 0 Å². The molecule has 0 unspecified atom stereocenters. The second-order valence-electron chi connectivity index (χ2n) is 1.34. The van der Waals surface area contributed by atoms with Crippen molar-refractivity contribution in [3.8, 4) is 0 Å². The Kier molecular flexibility index (Phi) is 62.6. The number of nitrogens with zero attached hydrogens (tertiary/aromatic N) is 1. The molecular weight excluding hydrogens is 98.1 g/mol. The standard InChI is InChI=1S/C3H9N.2C2H4/c1-4(2)3;2*1-2/h1-3H3;2*1-2H2. The summed E-state index contributed by atoms with van der Waals surface area (Å²) < 4.78 is 0. The highest BCUT2D eigenvalue weighted by molar-refractivity contribution is 4.22. The average Bonchev–Trinajstić information content (AvgIpc) is 1.75. The number of rotatable bonds is 0. The molecule has 0 fully saturated rings. The summed E-state index contributed by atoms with van der Waals surface area (Å²) in [6, 6.07) is 0. The smallest absolute Gasteiger partial charge is 0.0140 e. The number of hydrogen-bond acceptors (Lipinski definition) is 1. The van der Waals surface area contributed by atoms with E-state index in [2.05, 4.69) is 26.3 Å². The van der Waals surface area contributed by atoms with Gasteiger partial charge in [0.2, 0.25) is 0 Å². The molecule has 0 N–H and O–H groups in total. The number of hydrogen-bond donors (Lipinski definition) is 0. The van der Waals surface area contributed by atoms with Gasteiger partial charge in [0.25, 0.3) is 0 Å². The molecule has 0 radical (unpaired) electrons. The lowest BCUT2D eigenvalue weighted by Crippen LogP contribution is -1.99. The molecule has 50 valence electrons. The predicted molar refractivity (Wildman–Crippen MR) is 42.1 cm³/mol. The van der Waals surface area contributed by atoms with Crippen LogP contribution >= 0.6 is 0 Å². The quantitative estimate of drug-likeness (QED) is 0.435. The molecule has 0 saturated carbocycles. The minimum atomic E-state index is 2.00.